The Bertz CT molecular complexity index is 615. The Morgan fingerprint density at radius 1 is 1.35 bits per heavy atom. The summed E-state index contributed by atoms with van der Waals surface area (Å²) < 4.78 is 4.72. The molecule has 1 aromatic heterocycles. The molecule has 0 unspecified atom stereocenters. The first kappa shape index (κ1) is 12.8. The summed E-state index contributed by atoms with van der Waals surface area (Å²) in [5.74, 6) is 0.183. The number of methoxy groups -OCH3 is 1. The van der Waals surface area contributed by atoms with Crippen molar-refractivity contribution in [2.45, 2.75) is 31.6 Å². The van der Waals surface area contributed by atoms with Crippen molar-refractivity contribution in [2.24, 2.45) is 0 Å². The second-order valence-electron chi connectivity index (χ2n) is 5.08. The average Bonchev–Trinajstić information content (AvgIpc) is 3.17. The lowest BCUT2D eigenvalue weighted by Gasteiger charge is -2.04. The fourth-order valence-electron chi connectivity index (χ4n) is 2.68. The Morgan fingerprint density at radius 2 is 2.15 bits per heavy atom. The smallest absolute Gasteiger partial charge is 0.337 e. The van der Waals surface area contributed by atoms with Gasteiger partial charge in [-0.3, -0.25) is 0 Å². The molecule has 0 amide bonds. The van der Waals surface area contributed by atoms with Crippen LogP contribution >= 0.6 is 0 Å². The van der Waals surface area contributed by atoms with Crippen LogP contribution in [0.25, 0.3) is 5.69 Å². The van der Waals surface area contributed by atoms with Gasteiger partial charge in [-0.25, -0.2) is 4.79 Å². The molecule has 0 radical (unpaired) electrons. The van der Waals surface area contributed by atoms with Crippen molar-refractivity contribution in [3.8, 4) is 5.69 Å². The van der Waals surface area contributed by atoms with Gasteiger partial charge in [0.2, 0.25) is 0 Å². The van der Waals surface area contributed by atoms with Crippen molar-refractivity contribution in [1.82, 2.24) is 15.0 Å². The van der Waals surface area contributed by atoms with E-state index in [1.54, 1.807) is 23.0 Å². The molecule has 0 saturated heterocycles. The second-order valence-corrected chi connectivity index (χ2v) is 5.08. The molecule has 1 aliphatic carbocycles. The first-order valence-corrected chi connectivity index (χ1v) is 6.89. The molecular weight excluding hydrogens is 254 g/mol. The van der Waals surface area contributed by atoms with Crippen LogP contribution in [0.3, 0.4) is 0 Å². The van der Waals surface area contributed by atoms with Gasteiger partial charge in [-0.1, -0.05) is 18.9 Å². The molecule has 1 fully saturated rings. The average molecular weight is 271 g/mol. The van der Waals surface area contributed by atoms with Crippen LogP contribution in [-0.2, 0) is 4.74 Å². The third-order valence-electron chi connectivity index (χ3n) is 3.78. The van der Waals surface area contributed by atoms with Gasteiger partial charge in [-0.2, -0.15) is 15.0 Å². The zero-order valence-corrected chi connectivity index (χ0v) is 11.5. The van der Waals surface area contributed by atoms with Crippen LogP contribution in [-0.4, -0.2) is 28.1 Å². The molecule has 20 heavy (non-hydrogen) atoms. The number of nitrogens with zero attached hydrogens (tertiary/aromatic N) is 3. The molecule has 0 spiro atoms. The first-order chi connectivity index (χ1) is 9.78. The van der Waals surface area contributed by atoms with Crippen LogP contribution in [0.2, 0.25) is 0 Å². The van der Waals surface area contributed by atoms with E-state index in [1.165, 1.54) is 32.8 Å². The fraction of sp³-hybridized carbons (Fsp3) is 0.400. The highest BCUT2D eigenvalue weighted by Crippen LogP contribution is 2.32. The minimum absolute atomic E-state index is 0.352. The Morgan fingerprint density at radius 3 is 2.90 bits per heavy atom. The lowest BCUT2D eigenvalue weighted by atomic mass is 10.1. The van der Waals surface area contributed by atoms with Gasteiger partial charge in [-0.15, -0.1) is 0 Å². The van der Waals surface area contributed by atoms with Gasteiger partial charge in [0.25, 0.3) is 0 Å². The van der Waals surface area contributed by atoms with Crippen LogP contribution in [0, 0.1) is 0 Å². The zero-order valence-electron chi connectivity index (χ0n) is 11.5. The van der Waals surface area contributed by atoms with Gasteiger partial charge in [0.1, 0.15) is 0 Å². The van der Waals surface area contributed by atoms with Crippen LogP contribution in [0.1, 0.15) is 47.7 Å². The molecule has 5 heteroatoms. The lowest BCUT2D eigenvalue weighted by Crippen LogP contribution is -2.05. The topological polar surface area (TPSA) is 57.0 Å². The number of carbonyl (C=O) groups excluding carboxylic acids is 1. The van der Waals surface area contributed by atoms with E-state index in [1.807, 2.05) is 12.3 Å². The SMILES string of the molecule is COC(=O)c1cccc(-n2ncc(C3CCCC3)n2)c1. The molecular formula is C15H17N3O2. The van der Waals surface area contributed by atoms with Crippen molar-refractivity contribution in [2.75, 3.05) is 7.11 Å². The van der Waals surface area contributed by atoms with Crippen molar-refractivity contribution in [1.29, 1.82) is 0 Å². The quantitative estimate of drug-likeness (QED) is 0.805. The molecule has 1 aliphatic rings. The fourth-order valence-corrected chi connectivity index (χ4v) is 2.68. The summed E-state index contributed by atoms with van der Waals surface area (Å²) in [5, 5.41) is 8.85. The Balaban J connectivity index is 1.87. The van der Waals surface area contributed by atoms with E-state index in [0.29, 0.717) is 11.5 Å². The number of aromatic nitrogens is 3. The van der Waals surface area contributed by atoms with Crippen molar-refractivity contribution >= 4 is 5.97 Å². The highest BCUT2D eigenvalue weighted by molar-refractivity contribution is 5.89. The Hall–Kier alpha value is -2.17. The van der Waals surface area contributed by atoms with Gasteiger partial charge >= 0.3 is 5.97 Å². The summed E-state index contributed by atoms with van der Waals surface area (Å²) in [4.78, 5) is 13.1. The number of esters is 1. The van der Waals surface area contributed by atoms with Crippen molar-refractivity contribution in [3.63, 3.8) is 0 Å². The second kappa shape index (κ2) is 5.45. The van der Waals surface area contributed by atoms with Gasteiger partial charge < -0.3 is 4.74 Å². The van der Waals surface area contributed by atoms with Crippen LogP contribution < -0.4 is 0 Å². The first-order valence-electron chi connectivity index (χ1n) is 6.89. The molecule has 1 aromatic carbocycles. The van der Waals surface area contributed by atoms with Gasteiger partial charge in [0.15, 0.2) is 0 Å². The summed E-state index contributed by atoms with van der Waals surface area (Å²) in [6.45, 7) is 0. The van der Waals surface area contributed by atoms with Crippen molar-refractivity contribution < 1.29 is 9.53 Å². The summed E-state index contributed by atoms with van der Waals surface area (Å²) in [7, 11) is 1.37. The number of hydrogen-bond donors (Lipinski definition) is 0. The van der Waals surface area contributed by atoms with E-state index in [9.17, 15) is 4.79 Å². The summed E-state index contributed by atoms with van der Waals surface area (Å²) in [6, 6.07) is 7.14. The molecule has 0 N–H and O–H groups in total. The maximum Gasteiger partial charge on any atom is 0.337 e. The van der Waals surface area contributed by atoms with Crippen LogP contribution in [0.4, 0.5) is 0 Å². The van der Waals surface area contributed by atoms with E-state index < -0.39 is 0 Å². The summed E-state index contributed by atoms with van der Waals surface area (Å²) in [5.41, 5.74) is 2.33. The van der Waals surface area contributed by atoms with E-state index >= 15 is 0 Å². The molecule has 0 atom stereocenters. The molecule has 1 saturated carbocycles. The van der Waals surface area contributed by atoms with Gasteiger partial charge in [-0.05, 0) is 31.0 Å². The number of carbonyl (C=O) groups is 1. The third kappa shape index (κ3) is 2.43. The number of hydrogen-bond acceptors (Lipinski definition) is 4. The van der Waals surface area contributed by atoms with E-state index in [2.05, 4.69) is 10.2 Å². The third-order valence-corrected chi connectivity index (χ3v) is 3.78. The number of rotatable bonds is 3. The highest BCUT2D eigenvalue weighted by atomic mass is 16.5. The number of benzene rings is 1. The van der Waals surface area contributed by atoms with Crippen LogP contribution in [0.5, 0.6) is 0 Å². The molecule has 3 rings (SSSR count). The maximum absolute atomic E-state index is 11.5. The summed E-state index contributed by atoms with van der Waals surface area (Å²) >= 11 is 0. The number of ether oxygens (including phenoxy) is 1. The lowest BCUT2D eigenvalue weighted by molar-refractivity contribution is 0.0600. The largest absolute Gasteiger partial charge is 0.465 e. The predicted molar refractivity (Wildman–Crippen MR) is 73.9 cm³/mol. The zero-order chi connectivity index (χ0) is 13.9. The standard InChI is InChI=1S/C15H17N3O2/c1-20-15(19)12-7-4-8-13(9-12)18-16-10-14(17-18)11-5-2-3-6-11/h4,7-11H,2-3,5-6H2,1H3. The highest BCUT2D eigenvalue weighted by Gasteiger charge is 2.20. The van der Waals surface area contributed by atoms with Crippen molar-refractivity contribution in [3.05, 3.63) is 41.7 Å². The predicted octanol–water partition coefficient (Wildman–Crippen LogP) is 2.71. The normalized spacial score (nSPS) is 15.4. The van der Waals surface area contributed by atoms with Crippen LogP contribution in [0.15, 0.2) is 30.5 Å². The van der Waals surface area contributed by atoms with E-state index in [-0.39, 0.29) is 5.97 Å². The summed E-state index contributed by atoms with van der Waals surface area (Å²) in [6.07, 6.45) is 6.77. The molecule has 0 aliphatic heterocycles. The van der Waals surface area contributed by atoms with Gasteiger partial charge in [0, 0.05) is 5.92 Å². The molecule has 5 nitrogen and oxygen atoms in total. The Kier molecular flexibility index (Phi) is 3.50. The molecule has 1 heterocycles. The maximum atomic E-state index is 11.5. The molecule has 0 bridgehead atoms. The minimum atomic E-state index is -0.352. The van der Waals surface area contributed by atoms with Gasteiger partial charge in [0.05, 0.1) is 30.3 Å². The monoisotopic (exact) mass is 271 g/mol. The van der Waals surface area contributed by atoms with E-state index in [4.69, 9.17) is 4.74 Å². The molecule has 104 valence electrons. The Labute approximate surface area is 117 Å². The van der Waals surface area contributed by atoms with E-state index in [0.717, 1.165) is 11.4 Å². The molecule has 2 aromatic rings. The minimum Gasteiger partial charge on any atom is -0.465 e.